The van der Waals surface area contributed by atoms with Crippen LogP contribution in [0, 0.1) is 6.92 Å². The number of carbonyl (C=O) groups is 2. The van der Waals surface area contributed by atoms with Crippen LogP contribution in [0.1, 0.15) is 28.8 Å². The van der Waals surface area contributed by atoms with Crippen LogP contribution in [0.3, 0.4) is 0 Å². The Balaban J connectivity index is 1.57. The number of nitrogens with zero attached hydrogens (tertiary/aromatic N) is 2. The molecule has 2 aromatic carbocycles. The van der Waals surface area contributed by atoms with Gasteiger partial charge in [-0.2, -0.15) is 0 Å². The maximum absolute atomic E-state index is 12.9. The van der Waals surface area contributed by atoms with Crippen LogP contribution in [0.2, 0.25) is 0 Å². The molecule has 1 aliphatic rings. The number of aryl methyl sites for hydroxylation is 1. The Morgan fingerprint density at radius 1 is 1.22 bits per heavy atom. The first kappa shape index (κ1) is 17.0. The number of benzene rings is 2. The van der Waals surface area contributed by atoms with E-state index in [1.807, 2.05) is 30.3 Å². The van der Waals surface area contributed by atoms with E-state index in [0.717, 1.165) is 16.5 Å². The summed E-state index contributed by atoms with van der Waals surface area (Å²) in [6.07, 6.45) is 0. The Bertz CT molecular complexity index is 1130. The maximum atomic E-state index is 12.9. The van der Waals surface area contributed by atoms with Crippen molar-refractivity contribution in [3.05, 3.63) is 69.9 Å². The molecule has 2 heterocycles. The summed E-state index contributed by atoms with van der Waals surface area (Å²) in [6, 6.07) is 11.9. The van der Waals surface area contributed by atoms with E-state index in [4.69, 9.17) is 0 Å². The Hall–Kier alpha value is -3.48. The van der Waals surface area contributed by atoms with E-state index in [0.29, 0.717) is 17.1 Å². The fourth-order valence-corrected chi connectivity index (χ4v) is 3.50. The molecule has 0 saturated heterocycles. The molecule has 27 heavy (non-hydrogen) atoms. The number of hydrogen-bond donors (Lipinski definition) is 2. The lowest BCUT2D eigenvalue weighted by Crippen LogP contribution is -2.46. The summed E-state index contributed by atoms with van der Waals surface area (Å²) in [4.78, 5) is 45.3. The number of rotatable bonds is 4. The number of H-pyrrole nitrogens is 1. The fourth-order valence-electron chi connectivity index (χ4n) is 3.50. The van der Waals surface area contributed by atoms with E-state index in [-0.39, 0.29) is 23.9 Å². The number of nitrogens with one attached hydrogen (secondary N) is 2. The molecule has 136 valence electrons. The topological polar surface area (TPSA) is 95.2 Å². The quantitative estimate of drug-likeness (QED) is 0.741. The second-order valence-corrected chi connectivity index (χ2v) is 6.57. The van der Waals surface area contributed by atoms with E-state index in [1.165, 1.54) is 11.0 Å². The van der Waals surface area contributed by atoms with Crippen LogP contribution in [0.15, 0.2) is 47.3 Å². The average molecular weight is 362 g/mol. The highest BCUT2D eigenvalue weighted by atomic mass is 16.2. The predicted octanol–water partition coefficient (Wildman–Crippen LogP) is 1.90. The summed E-state index contributed by atoms with van der Waals surface area (Å²) in [5.74, 6) is -0.0147. The minimum atomic E-state index is -0.696. The zero-order valence-electron chi connectivity index (χ0n) is 14.9. The van der Waals surface area contributed by atoms with Gasteiger partial charge in [-0.1, -0.05) is 24.3 Å². The summed E-state index contributed by atoms with van der Waals surface area (Å²) in [5.41, 5.74) is 1.54. The van der Waals surface area contributed by atoms with Crippen molar-refractivity contribution < 1.29 is 9.59 Å². The summed E-state index contributed by atoms with van der Waals surface area (Å²) in [7, 11) is 0. The van der Waals surface area contributed by atoms with Gasteiger partial charge in [0.2, 0.25) is 5.91 Å². The van der Waals surface area contributed by atoms with Crippen LogP contribution < -0.4 is 15.8 Å². The molecular weight excluding hydrogens is 344 g/mol. The summed E-state index contributed by atoms with van der Waals surface area (Å²) in [6.45, 7) is 3.48. The third-order valence-corrected chi connectivity index (χ3v) is 4.72. The van der Waals surface area contributed by atoms with Crippen LogP contribution in [0.5, 0.6) is 0 Å². The second-order valence-electron chi connectivity index (χ2n) is 6.57. The zero-order valence-corrected chi connectivity index (χ0v) is 14.9. The molecule has 0 radical (unpaired) electrons. The van der Waals surface area contributed by atoms with Gasteiger partial charge in [0.15, 0.2) is 0 Å². The van der Waals surface area contributed by atoms with Gasteiger partial charge in [0.1, 0.15) is 11.9 Å². The normalized spacial score (nSPS) is 13.9. The Morgan fingerprint density at radius 2 is 1.96 bits per heavy atom. The molecule has 1 aliphatic heterocycles. The number of carbonyl (C=O) groups excluding carboxylic acids is 2. The van der Waals surface area contributed by atoms with Gasteiger partial charge in [0, 0.05) is 17.0 Å². The summed E-state index contributed by atoms with van der Waals surface area (Å²) in [5, 5.41) is 4.60. The monoisotopic (exact) mass is 362 g/mol. The minimum absolute atomic E-state index is 0.118. The molecular formula is C20H18N4O3. The second kappa shape index (κ2) is 6.35. The van der Waals surface area contributed by atoms with Gasteiger partial charge in [0.25, 0.3) is 11.5 Å². The lowest BCUT2D eigenvalue weighted by atomic mass is 10.1. The van der Waals surface area contributed by atoms with E-state index < -0.39 is 6.04 Å². The predicted molar refractivity (Wildman–Crippen MR) is 102 cm³/mol. The van der Waals surface area contributed by atoms with Crippen molar-refractivity contribution in [2.45, 2.75) is 26.4 Å². The highest BCUT2D eigenvalue weighted by Gasteiger charge is 2.35. The van der Waals surface area contributed by atoms with Crippen molar-refractivity contribution in [3.8, 4) is 0 Å². The molecule has 4 rings (SSSR count). The lowest BCUT2D eigenvalue weighted by Gasteiger charge is -2.24. The van der Waals surface area contributed by atoms with Gasteiger partial charge in [0.05, 0.1) is 17.9 Å². The fraction of sp³-hybridized carbons (Fsp3) is 0.200. The van der Waals surface area contributed by atoms with Crippen molar-refractivity contribution in [1.29, 1.82) is 0 Å². The maximum Gasteiger partial charge on any atom is 0.259 e. The Kier molecular flexibility index (Phi) is 3.99. The van der Waals surface area contributed by atoms with Gasteiger partial charge in [-0.25, -0.2) is 4.98 Å². The smallest absolute Gasteiger partial charge is 0.259 e. The highest BCUT2D eigenvalue weighted by Crippen LogP contribution is 2.38. The molecule has 0 spiro atoms. The Morgan fingerprint density at radius 3 is 2.70 bits per heavy atom. The van der Waals surface area contributed by atoms with Crippen LogP contribution in [0.4, 0.5) is 5.69 Å². The number of amides is 2. The van der Waals surface area contributed by atoms with Crippen molar-refractivity contribution in [1.82, 2.24) is 15.3 Å². The first-order valence-corrected chi connectivity index (χ1v) is 8.65. The van der Waals surface area contributed by atoms with Crippen LogP contribution in [-0.2, 0) is 11.3 Å². The third kappa shape index (κ3) is 2.87. The molecule has 7 heteroatoms. The third-order valence-electron chi connectivity index (χ3n) is 4.72. The highest BCUT2D eigenvalue weighted by molar-refractivity contribution is 6.26. The molecule has 1 atom stereocenters. The van der Waals surface area contributed by atoms with Gasteiger partial charge < -0.3 is 10.3 Å². The molecule has 2 N–H and O–H groups in total. The van der Waals surface area contributed by atoms with Gasteiger partial charge >= 0.3 is 0 Å². The molecule has 7 nitrogen and oxygen atoms in total. The van der Waals surface area contributed by atoms with Crippen LogP contribution >= 0.6 is 0 Å². The molecule has 0 bridgehead atoms. The van der Waals surface area contributed by atoms with Crippen molar-refractivity contribution in [2.24, 2.45) is 0 Å². The standard InChI is InChI=1S/C20H18N4O3/c1-11(19(26)21-10-14-9-17(25)23-12(2)22-14)24-16-8-4-6-13-5-3-7-15(18(13)16)20(24)27/h3-9,11H,10H2,1-2H3,(H,21,26)(H,22,23,25). The molecule has 1 unspecified atom stereocenters. The molecule has 0 fully saturated rings. The Labute approximate surface area is 155 Å². The first-order valence-electron chi connectivity index (χ1n) is 8.65. The largest absolute Gasteiger partial charge is 0.349 e. The number of hydrogen-bond acceptors (Lipinski definition) is 4. The van der Waals surface area contributed by atoms with Gasteiger partial charge in [-0.3, -0.25) is 19.3 Å². The number of anilines is 1. The van der Waals surface area contributed by atoms with E-state index >= 15 is 0 Å². The average Bonchev–Trinajstić information content (AvgIpc) is 2.93. The zero-order chi connectivity index (χ0) is 19.1. The molecule has 1 aromatic heterocycles. The van der Waals surface area contributed by atoms with Gasteiger partial charge in [-0.05, 0) is 31.4 Å². The van der Waals surface area contributed by atoms with Crippen molar-refractivity contribution >= 4 is 28.3 Å². The van der Waals surface area contributed by atoms with Gasteiger partial charge in [-0.15, -0.1) is 0 Å². The molecule has 3 aromatic rings. The van der Waals surface area contributed by atoms with E-state index in [9.17, 15) is 14.4 Å². The van der Waals surface area contributed by atoms with Crippen LogP contribution in [0.25, 0.3) is 10.8 Å². The molecule has 0 aliphatic carbocycles. The van der Waals surface area contributed by atoms with E-state index in [1.54, 1.807) is 19.9 Å². The van der Waals surface area contributed by atoms with E-state index in [2.05, 4.69) is 15.3 Å². The summed E-state index contributed by atoms with van der Waals surface area (Å²) < 4.78 is 0. The van der Waals surface area contributed by atoms with Crippen molar-refractivity contribution in [3.63, 3.8) is 0 Å². The van der Waals surface area contributed by atoms with Crippen LogP contribution in [-0.4, -0.2) is 27.8 Å². The molecule has 2 amide bonds. The lowest BCUT2D eigenvalue weighted by molar-refractivity contribution is -0.122. The number of aromatic amines is 1. The first-order chi connectivity index (χ1) is 13.0. The number of aromatic nitrogens is 2. The van der Waals surface area contributed by atoms with Crippen molar-refractivity contribution in [2.75, 3.05) is 4.90 Å². The minimum Gasteiger partial charge on any atom is -0.349 e. The molecule has 0 saturated carbocycles. The SMILES string of the molecule is Cc1nc(CNC(=O)C(C)N2C(=O)c3cccc4cccc2c34)cc(=O)[nH]1. The summed E-state index contributed by atoms with van der Waals surface area (Å²) >= 11 is 0.